The zero-order valence-corrected chi connectivity index (χ0v) is 13.9. The van der Waals surface area contributed by atoms with Crippen LogP contribution >= 0.6 is 11.6 Å². The number of amides is 1. The first-order chi connectivity index (χ1) is 11.0. The average molecular weight is 331 g/mol. The number of carbonyl (C=O) groups is 2. The Morgan fingerprint density at radius 1 is 1.04 bits per heavy atom. The molecule has 2 N–H and O–H groups in total. The van der Waals surface area contributed by atoms with Crippen LogP contribution in [0.5, 0.6) is 0 Å². The highest BCUT2D eigenvalue weighted by molar-refractivity contribution is 6.30. The first-order valence-corrected chi connectivity index (χ1v) is 7.73. The van der Waals surface area contributed by atoms with Gasteiger partial charge in [0.1, 0.15) is 0 Å². The minimum absolute atomic E-state index is 0.000811. The second kappa shape index (κ2) is 7.90. The lowest BCUT2D eigenvalue weighted by atomic mass is 10.1. The number of ketones is 1. The Kier molecular flexibility index (Phi) is 5.90. The molecule has 2 rings (SSSR count). The number of hydrogen-bond acceptors (Lipinski definition) is 3. The van der Waals surface area contributed by atoms with E-state index in [1.165, 1.54) is 6.92 Å². The van der Waals surface area contributed by atoms with Crippen LogP contribution in [0, 0.1) is 0 Å². The molecular weight excluding hydrogens is 312 g/mol. The summed E-state index contributed by atoms with van der Waals surface area (Å²) in [6.07, 6.45) is 0. The van der Waals surface area contributed by atoms with E-state index in [1.807, 2.05) is 24.3 Å². The van der Waals surface area contributed by atoms with Crippen LogP contribution in [0.3, 0.4) is 0 Å². The summed E-state index contributed by atoms with van der Waals surface area (Å²) in [6, 6.07) is 14.0. The molecule has 0 aromatic heterocycles. The predicted octanol–water partition coefficient (Wildman–Crippen LogP) is 3.66. The van der Waals surface area contributed by atoms with Gasteiger partial charge in [-0.15, -0.1) is 0 Å². The molecular formula is C18H19ClN2O2. The summed E-state index contributed by atoms with van der Waals surface area (Å²) in [5, 5.41) is 6.67. The fourth-order valence-corrected chi connectivity index (χ4v) is 2.13. The van der Waals surface area contributed by atoms with Gasteiger partial charge in [0.15, 0.2) is 5.78 Å². The number of Topliss-reactive ketones (excluding diaryl/α,β-unsaturated/α-hetero) is 1. The molecule has 0 saturated carbocycles. The molecule has 0 aliphatic heterocycles. The van der Waals surface area contributed by atoms with E-state index in [4.69, 9.17) is 11.6 Å². The van der Waals surface area contributed by atoms with E-state index in [2.05, 4.69) is 10.6 Å². The Labute approximate surface area is 140 Å². The molecule has 0 unspecified atom stereocenters. The number of halogens is 1. The molecule has 2 aromatic carbocycles. The van der Waals surface area contributed by atoms with Crippen LogP contribution in [0.4, 0.5) is 5.69 Å². The van der Waals surface area contributed by atoms with Gasteiger partial charge in [-0.3, -0.25) is 9.59 Å². The Bertz CT molecular complexity index is 681. The smallest absolute Gasteiger partial charge is 0.241 e. The van der Waals surface area contributed by atoms with E-state index < -0.39 is 0 Å². The molecule has 0 aliphatic carbocycles. The van der Waals surface area contributed by atoms with Crippen LogP contribution in [0.15, 0.2) is 48.5 Å². The van der Waals surface area contributed by atoms with E-state index in [1.54, 1.807) is 31.2 Å². The monoisotopic (exact) mass is 330 g/mol. The third-order valence-electron chi connectivity index (χ3n) is 3.48. The summed E-state index contributed by atoms with van der Waals surface area (Å²) < 4.78 is 0. The van der Waals surface area contributed by atoms with E-state index in [0.717, 1.165) is 5.56 Å². The largest absolute Gasteiger partial charge is 0.325 e. The second-order valence-electron chi connectivity index (χ2n) is 5.35. The molecule has 0 saturated heterocycles. The highest BCUT2D eigenvalue weighted by Crippen LogP contribution is 2.11. The molecule has 2 aromatic rings. The van der Waals surface area contributed by atoms with Gasteiger partial charge in [0.2, 0.25) is 5.91 Å². The van der Waals surface area contributed by atoms with Crippen molar-refractivity contribution in [3.05, 3.63) is 64.7 Å². The molecule has 0 heterocycles. The number of hydrogen-bond donors (Lipinski definition) is 2. The van der Waals surface area contributed by atoms with Gasteiger partial charge in [0.25, 0.3) is 0 Å². The minimum atomic E-state index is -0.349. The third kappa shape index (κ3) is 5.20. The summed E-state index contributed by atoms with van der Waals surface area (Å²) in [5.74, 6) is -0.129. The van der Waals surface area contributed by atoms with E-state index in [-0.39, 0.29) is 17.7 Å². The molecule has 0 fully saturated rings. The summed E-state index contributed by atoms with van der Waals surface area (Å²) in [7, 11) is 0. The molecule has 23 heavy (non-hydrogen) atoms. The molecule has 0 spiro atoms. The molecule has 5 heteroatoms. The fraction of sp³-hybridized carbons (Fsp3) is 0.222. The number of anilines is 1. The Morgan fingerprint density at radius 2 is 1.65 bits per heavy atom. The highest BCUT2D eigenvalue weighted by Gasteiger charge is 2.12. The third-order valence-corrected chi connectivity index (χ3v) is 3.73. The predicted molar refractivity (Wildman–Crippen MR) is 92.8 cm³/mol. The topological polar surface area (TPSA) is 58.2 Å². The normalized spacial score (nSPS) is 11.8. The molecule has 0 radical (unpaired) electrons. The summed E-state index contributed by atoms with van der Waals surface area (Å²) in [6.45, 7) is 3.89. The maximum Gasteiger partial charge on any atom is 0.241 e. The molecule has 1 amide bonds. The van der Waals surface area contributed by atoms with Crippen LogP contribution in [-0.2, 0) is 11.3 Å². The molecule has 0 aliphatic rings. The number of benzene rings is 2. The van der Waals surface area contributed by atoms with Gasteiger partial charge < -0.3 is 10.6 Å². The second-order valence-corrected chi connectivity index (χ2v) is 5.79. The van der Waals surface area contributed by atoms with E-state index in [9.17, 15) is 9.59 Å². The quantitative estimate of drug-likeness (QED) is 0.795. The molecule has 120 valence electrons. The summed E-state index contributed by atoms with van der Waals surface area (Å²) >= 11 is 5.84. The fourth-order valence-electron chi connectivity index (χ4n) is 2.00. The lowest BCUT2D eigenvalue weighted by Crippen LogP contribution is -2.37. The maximum atomic E-state index is 12.1. The standard InChI is InChI=1S/C18H19ClN2O2/c1-12(20-11-14-3-7-16(19)8-4-14)18(23)21-17-9-5-15(6-10-17)13(2)22/h3-10,12,20H,11H2,1-2H3,(H,21,23)/t12-/m0/s1. The van der Waals surface area contributed by atoms with Crippen molar-refractivity contribution in [2.45, 2.75) is 26.4 Å². The van der Waals surface area contributed by atoms with Crippen LogP contribution in [0.25, 0.3) is 0 Å². The Balaban J connectivity index is 1.86. The molecule has 0 bridgehead atoms. The first-order valence-electron chi connectivity index (χ1n) is 7.35. The number of rotatable bonds is 6. The van der Waals surface area contributed by atoms with Gasteiger partial charge in [0.05, 0.1) is 6.04 Å². The van der Waals surface area contributed by atoms with E-state index >= 15 is 0 Å². The average Bonchev–Trinajstić information content (AvgIpc) is 2.54. The summed E-state index contributed by atoms with van der Waals surface area (Å²) in [5.41, 5.74) is 2.34. The van der Waals surface area contributed by atoms with Crippen molar-refractivity contribution in [1.82, 2.24) is 5.32 Å². The zero-order valence-electron chi connectivity index (χ0n) is 13.1. The van der Waals surface area contributed by atoms with E-state index in [0.29, 0.717) is 22.8 Å². The lowest BCUT2D eigenvalue weighted by molar-refractivity contribution is -0.117. The van der Waals surface area contributed by atoms with Gasteiger partial charge >= 0.3 is 0 Å². The number of nitrogens with one attached hydrogen (secondary N) is 2. The zero-order chi connectivity index (χ0) is 16.8. The van der Waals surface area contributed by atoms with Crippen LogP contribution < -0.4 is 10.6 Å². The minimum Gasteiger partial charge on any atom is -0.325 e. The first kappa shape index (κ1) is 17.2. The van der Waals surface area contributed by atoms with Gasteiger partial charge in [-0.1, -0.05) is 23.7 Å². The van der Waals surface area contributed by atoms with Crippen molar-refractivity contribution >= 4 is 29.0 Å². The lowest BCUT2D eigenvalue weighted by Gasteiger charge is -2.14. The highest BCUT2D eigenvalue weighted by atomic mass is 35.5. The SMILES string of the molecule is CC(=O)c1ccc(NC(=O)[C@H](C)NCc2ccc(Cl)cc2)cc1. The van der Waals surface area contributed by atoms with Crippen molar-refractivity contribution in [2.24, 2.45) is 0 Å². The number of carbonyl (C=O) groups excluding carboxylic acids is 2. The Hall–Kier alpha value is -2.17. The van der Waals surface area contributed by atoms with Crippen molar-refractivity contribution in [3.63, 3.8) is 0 Å². The van der Waals surface area contributed by atoms with Gasteiger partial charge in [-0.05, 0) is 55.8 Å². The van der Waals surface area contributed by atoms with Gasteiger partial charge in [-0.25, -0.2) is 0 Å². The molecule has 1 atom stereocenters. The van der Waals surface area contributed by atoms with Crippen LogP contribution in [0.2, 0.25) is 5.02 Å². The van der Waals surface area contributed by atoms with Crippen LogP contribution in [-0.4, -0.2) is 17.7 Å². The van der Waals surface area contributed by atoms with Crippen LogP contribution in [0.1, 0.15) is 29.8 Å². The maximum absolute atomic E-state index is 12.1. The van der Waals surface area contributed by atoms with Crippen molar-refractivity contribution in [2.75, 3.05) is 5.32 Å². The Morgan fingerprint density at radius 3 is 2.22 bits per heavy atom. The van der Waals surface area contributed by atoms with Crippen molar-refractivity contribution in [3.8, 4) is 0 Å². The van der Waals surface area contributed by atoms with Gasteiger partial charge in [0, 0.05) is 22.8 Å². The molecule has 4 nitrogen and oxygen atoms in total. The van der Waals surface area contributed by atoms with Crippen molar-refractivity contribution in [1.29, 1.82) is 0 Å². The van der Waals surface area contributed by atoms with Crippen molar-refractivity contribution < 1.29 is 9.59 Å². The van der Waals surface area contributed by atoms with Gasteiger partial charge in [-0.2, -0.15) is 0 Å². The summed E-state index contributed by atoms with van der Waals surface area (Å²) in [4.78, 5) is 23.4.